The zero-order chi connectivity index (χ0) is 9.84. The van der Waals surface area contributed by atoms with Gasteiger partial charge in [0, 0.05) is 5.69 Å². The molecule has 0 atom stereocenters. The molecule has 1 rings (SSSR count). The Morgan fingerprint density at radius 1 is 1.31 bits per heavy atom. The molecule has 0 unspecified atom stereocenters. The fourth-order valence-corrected chi connectivity index (χ4v) is 1.42. The van der Waals surface area contributed by atoms with Gasteiger partial charge in [0.2, 0.25) is 0 Å². The average molecular weight is 174 g/mol. The zero-order valence-electron chi connectivity index (χ0n) is 8.39. The molecule has 0 saturated carbocycles. The summed E-state index contributed by atoms with van der Waals surface area (Å²) in [6.07, 6.45) is 1.76. The van der Waals surface area contributed by atoms with Crippen molar-refractivity contribution in [2.45, 2.75) is 33.6 Å². The molecule has 0 fully saturated rings. The van der Waals surface area contributed by atoms with Crippen molar-refractivity contribution in [3.63, 3.8) is 0 Å². The predicted octanol–water partition coefficient (Wildman–Crippen LogP) is 2.39. The van der Waals surface area contributed by atoms with Crippen molar-refractivity contribution < 1.29 is 0 Å². The molecule has 0 radical (unpaired) electrons. The van der Waals surface area contributed by atoms with E-state index in [0.717, 1.165) is 35.4 Å². The number of rotatable bonds is 2. The highest BCUT2D eigenvalue weighted by atomic mass is 14.7. The van der Waals surface area contributed by atoms with Gasteiger partial charge in [0.25, 0.3) is 0 Å². The van der Waals surface area contributed by atoms with E-state index in [1.54, 1.807) is 0 Å². The van der Waals surface area contributed by atoms with Crippen molar-refractivity contribution in [2.75, 3.05) is 0 Å². The normalized spacial score (nSPS) is 9.69. The summed E-state index contributed by atoms with van der Waals surface area (Å²) < 4.78 is 0. The number of aromatic nitrogens is 1. The summed E-state index contributed by atoms with van der Waals surface area (Å²) in [5.74, 6) is 0. The summed E-state index contributed by atoms with van der Waals surface area (Å²) in [6, 6.07) is 4.11. The monoisotopic (exact) mass is 174 g/mol. The van der Waals surface area contributed by atoms with Crippen LogP contribution in [-0.4, -0.2) is 4.98 Å². The van der Waals surface area contributed by atoms with E-state index in [0.29, 0.717) is 0 Å². The van der Waals surface area contributed by atoms with E-state index in [9.17, 15) is 0 Å². The van der Waals surface area contributed by atoms with Gasteiger partial charge in [-0.15, -0.1) is 0 Å². The van der Waals surface area contributed by atoms with Gasteiger partial charge in [0.05, 0.1) is 11.3 Å². The molecular weight excluding hydrogens is 160 g/mol. The van der Waals surface area contributed by atoms with Gasteiger partial charge in [-0.3, -0.25) is 4.98 Å². The first kappa shape index (κ1) is 9.73. The minimum atomic E-state index is 0.720. The highest BCUT2D eigenvalue weighted by Gasteiger charge is 2.05. The first-order valence-corrected chi connectivity index (χ1v) is 4.62. The summed E-state index contributed by atoms with van der Waals surface area (Å²) >= 11 is 0. The van der Waals surface area contributed by atoms with Crippen LogP contribution in [0.3, 0.4) is 0 Å². The maximum absolute atomic E-state index is 8.85. The molecule has 68 valence electrons. The SMILES string of the molecule is CCc1nc(CC)c(C#N)cc1C. The Bertz CT molecular complexity index is 348. The van der Waals surface area contributed by atoms with Crippen LogP contribution in [0.1, 0.15) is 36.4 Å². The van der Waals surface area contributed by atoms with E-state index < -0.39 is 0 Å². The van der Waals surface area contributed by atoms with Gasteiger partial charge < -0.3 is 0 Å². The molecule has 1 heterocycles. The van der Waals surface area contributed by atoms with Crippen LogP contribution >= 0.6 is 0 Å². The van der Waals surface area contributed by atoms with Crippen LogP contribution in [0, 0.1) is 18.3 Å². The van der Waals surface area contributed by atoms with Crippen LogP contribution < -0.4 is 0 Å². The molecular formula is C11H14N2. The fourth-order valence-electron chi connectivity index (χ4n) is 1.42. The minimum Gasteiger partial charge on any atom is -0.256 e. The number of hydrogen-bond acceptors (Lipinski definition) is 2. The quantitative estimate of drug-likeness (QED) is 0.690. The van der Waals surface area contributed by atoms with E-state index >= 15 is 0 Å². The van der Waals surface area contributed by atoms with Crippen molar-refractivity contribution in [3.8, 4) is 6.07 Å². The second kappa shape index (κ2) is 4.04. The second-order valence-corrected chi connectivity index (χ2v) is 3.07. The standard InChI is InChI=1S/C11H14N2/c1-4-10-8(3)6-9(7-12)11(5-2)13-10/h6H,4-5H2,1-3H3. The maximum atomic E-state index is 8.85. The molecule has 0 amide bonds. The van der Waals surface area contributed by atoms with Gasteiger partial charge in [0.1, 0.15) is 6.07 Å². The molecule has 0 saturated heterocycles. The molecule has 0 spiro atoms. The van der Waals surface area contributed by atoms with Crippen LogP contribution in [0.15, 0.2) is 6.07 Å². The third-order valence-corrected chi connectivity index (χ3v) is 2.19. The fraction of sp³-hybridized carbons (Fsp3) is 0.455. The Balaban J connectivity index is 3.28. The van der Waals surface area contributed by atoms with E-state index in [-0.39, 0.29) is 0 Å². The molecule has 2 heteroatoms. The highest BCUT2D eigenvalue weighted by Crippen LogP contribution is 2.13. The van der Waals surface area contributed by atoms with E-state index in [2.05, 4.69) is 18.0 Å². The van der Waals surface area contributed by atoms with Crippen LogP contribution in [0.5, 0.6) is 0 Å². The number of pyridine rings is 1. The largest absolute Gasteiger partial charge is 0.256 e. The van der Waals surface area contributed by atoms with Gasteiger partial charge in [-0.2, -0.15) is 5.26 Å². The van der Waals surface area contributed by atoms with E-state index in [1.165, 1.54) is 0 Å². The zero-order valence-corrected chi connectivity index (χ0v) is 8.39. The first-order chi connectivity index (χ1) is 6.22. The lowest BCUT2D eigenvalue weighted by Crippen LogP contribution is -2.00. The Kier molecular flexibility index (Phi) is 3.02. The lowest BCUT2D eigenvalue weighted by Gasteiger charge is -2.06. The molecule has 0 aromatic carbocycles. The first-order valence-electron chi connectivity index (χ1n) is 4.62. The van der Waals surface area contributed by atoms with Crippen LogP contribution in [0.4, 0.5) is 0 Å². The van der Waals surface area contributed by atoms with Gasteiger partial charge in [-0.05, 0) is 31.4 Å². The molecule has 0 aliphatic heterocycles. The molecule has 0 bridgehead atoms. The Morgan fingerprint density at radius 2 is 1.92 bits per heavy atom. The topological polar surface area (TPSA) is 36.7 Å². The van der Waals surface area contributed by atoms with Crippen molar-refractivity contribution >= 4 is 0 Å². The molecule has 13 heavy (non-hydrogen) atoms. The molecule has 0 aliphatic rings. The Morgan fingerprint density at radius 3 is 2.38 bits per heavy atom. The second-order valence-electron chi connectivity index (χ2n) is 3.07. The third-order valence-electron chi connectivity index (χ3n) is 2.19. The van der Waals surface area contributed by atoms with Gasteiger partial charge in [0.15, 0.2) is 0 Å². The predicted molar refractivity (Wildman–Crippen MR) is 52.4 cm³/mol. The minimum absolute atomic E-state index is 0.720. The molecule has 1 aromatic rings. The summed E-state index contributed by atoms with van der Waals surface area (Å²) in [5.41, 5.74) is 3.87. The number of aryl methyl sites for hydroxylation is 3. The average Bonchev–Trinajstić information content (AvgIpc) is 2.17. The van der Waals surface area contributed by atoms with E-state index in [1.807, 2.05) is 19.9 Å². The number of nitriles is 1. The number of nitrogens with zero attached hydrogens (tertiary/aromatic N) is 2. The van der Waals surface area contributed by atoms with Gasteiger partial charge in [-0.1, -0.05) is 13.8 Å². The van der Waals surface area contributed by atoms with Gasteiger partial charge in [-0.25, -0.2) is 0 Å². The van der Waals surface area contributed by atoms with E-state index in [4.69, 9.17) is 5.26 Å². The summed E-state index contributed by atoms with van der Waals surface area (Å²) in [4.78, 5) is 4.46. The molecule has 2 nitrogen and oxygen atoms in total. The van der Waals surface area contributed by atoms with Crippen molar-refractivity contribution in [2.24, 2.45) is 0 Å². The van der Waals surface area contributed by atoms with Crippen LogP contribution in [-0.2, 0) is 12.8 Å². The summed E-state index contributed by atoms with van der Waals surface area (Å²) in [5, 5.41) is 8.85. The lowest BCUT2D eigenvalue weighted by atomic mass is 10.1. The maximum Gasteiger partial charge on any atom is 0.101 e. The number of hydrogen-bond donors (Lipinski definition) is 0. The summed E-state index contributed by atoms with van der Waals surface area (Å²) in [7, 11) is 0. The third kappa shape index (κ3) is 1.86. The molecule has 0 N–H and O–H groups in total. The Hall–Kier alpha value is -1.36. The van der Waals surface area contributed by atoms with Crippen LogP contribution in [0.25, 0.3) is 0 Å². The van der Waals surface area contributed by atoms with Crippen molar-refractivity contribution in [1.29, 1.82) is 5.26 Å². The van der Waals surface area contributed by atoms with Crippen molar-refractivity contribution in [1.82, 2.24) is 4.98 Å². The molecule has 0 aliphatic carbocycles. The van der Waals surface area contributed by atoms with Gasteiger partial charge >= 0.3 is 0 Å². The van der Waals surface area contributed by atoms with Crippen LogP contribution in [0.2, 0.25) is 0 Å². The smallest absolute Gasteiger partial charge is 0.101 e. The highest BCUT2D eigenvalue weighted by molar-refractivity contribution is 5.38. The Labute approximate surface area is 79.2 Å². The molecule has 1 aromatic heterocycles. The summed E-state index contributed by atoms with van der Waals surface area (Å²) in [6.45, 7) is 6.12. The van der Waals surface area contributed by atoms with Crippen molar-refractivity contribution in [3.05, 3.63) is 28.6 Å². The lowest BCUT2D eigenvalue weighted by molar-refractivity contribution is 0.931.